The topological polar surface area (TPSA) is 0 Å². The highest BCUT2D eigenvalue weighted by Gasteiger charge is 2.12. The number of rotatable bonds is 3. The number of alkyl halides is 1. The lowest BCUT2D eigenvalue weighted by molar-refractivity contribution is 0.504. The summed E-state index contributed by atoms with van der Waals surface area (Å²) in [4.78, 5) is 0. The summed E-state index contributed by atoms with van der Waals surface area (Å²) in [5.74, 6) is -1.23. The molecule has 1 unspecified atom stereocenters. The molecule has 0 fully saturated rings. The zero-order valence-corrected chi connectivity index (χ0v) is 8.98. The summed E-state index contributed by atoms with van der Waals surface area (Å²) < 4.78 is 25.4. The first kappa shape index (κ1) is 11.4. The molecule has 0 amide bonds. The quantitative estimate of drug-likeness (QED) is 0.664. The van der Waals surface area contributed by atoms with Crippen LogP contribution < -0.4 is 0 Å². The number of benzene rings is 1. The largest absolute Gasteiger partial charge is 0.204 e. The third-order valence-corrected chi connectivity index (χ3v) is 2.41. The van der Waals surface area contributed by atoms with Gasteiger partial charge in [0, 0.05) is 0 Å². The summed E-state index contributed by atoms with van der Waals surface area (Å²) >= 11 is 6.04. The second-order valence-corrected chi connectivity index (χ2v) is 4.30. The van der Waals surface area contributed by atoms with E-state index in [1.54, 1.807) is 0 Å². The lowest BCUT2D eigenvalue weighted by atomic mass is 10.0. The Kier molecular flexibility index (Phi) is 3.87. The first-order valence-corrected chi connectivity index (χ1v) is 5.03. The number of hydrogen-bond acceptors (Lipinski definition) is 0. The molecule has 1 aromatic rings. The second kappa shape index (κ2) is 4.74. The average Bonchev–Trinajstić information content (AvgIpc) is 2.08. The van der Waals surface area contributed by atoms with Gasteiger partial charge in [0.05, 0.1) is 5.38 Å². The van der Waals surface area contributed by atoms with Gasteiger partial charge < -0.3 is 0 Å². The second-order valence-electron chi connectivity index (χ2n) is 3.77. The predicted molar refractivity (Wildman–Crippen MR) is 54.4 cm³/mol. The Morgan fingerprint density at radius 3 is 2.36 bits per heavy atom. The van der Waals surface area contributed by atoms with Crippen LogP contribution in [0.1, 0.15) is 31.2 Å². The van der Waals surface area contributed by atoms with Gasteiger partial charge in [-0.25, -0.2) is 8.78 Å². The first-order chi connectivity index (χ1) is 6.50. The number of halogens is 3. The zero-order valence-electron chi connectivity index (χ0n) is 8.23. The van der Waals surface area contributed by atoms with E-state index < -0.39 is 11.6 Å². The van der Waals surface area contributed by atoms with Gasteiger partial charge in [-0.05, 0) is 30.0 Å². The van der Waals surface area contributed by atoms with E-state index in [1.807, 2.05) is 13.8 Å². The number of hydrogen-bond donors (Lipinski definition) is 0. The fraction of sp³-hybridized carbons (Fsp3) is 0.455. The van der Waals surface area contributed by atoms with Crippen molar-refractivity contribution in [3.8, 4) is 0 Å². The Labute approximate surface area is 87.9 Å². The van der Waals surface area contributed by atoms with Gasteiger partial charge in [0.15, 0.2) is 11.6 Å². The zero-order chi connectivity index (χ0) is 10.7. The molecule has 1 atom stereocenters. The van der Waals surface area contributed by atoms with E-state index in [9.17, 15) is 8.78 Å². The van der Waals surface area contributed by atoms with Crippen LogP contribution >= 0.6 is 11.6 Å². The van der Waals surface area contributed by atoms with Gasteiger partial charge in [-0.15, -0.1) is 11.6 Å². The van der Waals surface area contributed by atoms with Crippen LogP contribution in [0.25, 0.3) is 0 Å². The van der Waals surface area contributed by atoms with Gasteiger partial charge >= 0.3 is 0 Å². The molecule has 14 heavy (non-hydrogen) atoms. The van der Waals surface area contributed by atoms with Crippen LogP contribution in [0.3, 0.4) is 0 Å². The van der Waals surface area contributed by atoms with Crippen molar-refractivity contribution in [3.63, 3.8) is 0 Å². The minimum Gasteiger partial charge on any atom is -0.204 e. The van der Waals surface area contributed by atoms with Crippen molar-refractivity contribution in [1.29, 1.82) is 0 Å². The lowest BCUT2D eigenvalue weighted by Crippen LogP contribution is -1.97. The van der Waals surface area contributed by atoms with E-state index in [1.165, 1.54) is 6.07 Å². The molecule has 0 saturated carbocycles. The van der Waals surface area contributed by atoms with Gasteiger partial charge in [-0.3, -0.25) is 0 Å². The molecule has 0 aliphatic rings. The van der Waals surface area contributed by atoms with E-state index >= 15 is 0 Å². The van der Waals surface area contributed by atoms with Gasteiger partial charge in [0.25, 0.3) is 0 Å². The predicted octanol–water partition coefficient (Wildman–Crippen LogP) is 4.29. The van der Waals surface area contributed by atoms with E-state index in [0.717, 1.165) is 18.6 Å². The highest BCUT2D eigenvalue weighted by molar-refractivity contribution is 6.20. The Morgan fingerprint density at radius 2 is 1.86 bits per heavy atom. The molecule has 0 nitrogen and oxygen atoms in total. The molecule has 0 heterocycles. The maximum absolute atomic E-state index is 12.8. The molecule has 1 rings (SSSR count). The summed E-state index contributed by atoms with van der Waals surface area (Å²) in [6.45, 7) is 4.07. The third kappa shape index (κ3) is 2.95. The van der Waals surface area contributed by atoms with Gasteiger partial charge in [0.2, 0.25) is 0 Å². The molecule has 0 radical (unpaired) electrons. The highest BCUT2D eigenvalue weighted by Crippen LogP contribution is 2.28. The monoisotopic (exact) mass is 218 g/mol. The molecule has 0 saturated heterocycles. The lowest BCUT2D eigenvalue weighted by Gasteiger charge is -2.12. The SMILES string of the molecule is CC(C)CC(Cl)c1ccc(F)c(F)c1. The molecule has 1 aromatic carbocycles. The smallest absolute Gasteiger partial charge is 0.159 e. The van der Waals surface area contributed by atoms with Crippen molar-refractivity contribution in [3.05, 3.63) is 35.4 Å². The van der Waals surface area contributed by atoms with Gasteiger partial charge in [-0.2, -0.15) is 0 Å². The van der Waals surface area contributed by atoms with Crippen LogP contribution in [0.15, 0.2) is 18.2 Å². The van der Waals surface area contributed by atoms with Gasteiger partial charge in [0.1, 0.15) is 0 Å². The third-order valence-electron chi connectivity index (χ3n) is 1.98. The fourth-order valence-corrected chi connectivity index (χ4v) is 1.75. The van der Waals surface area contributed by atoms with Crippen molar-refractivity contribution in [2.45, 2.75) is 25.6 Å². The van der Waals surface area contributed by atoms with Crippen LogP contribution in [0.4, 0.5) is 8.78 Å². The van der Waals surface area contributed by atoms with Crippen LogP contribution in [0.2, 0.25) is 0 Å². The molecule has 3 heteroatoms. The summed E-state index contributed by atoms with van der Waals surface area (Å²) in [6, 6.07) is 3.80. The Balaban J connectivity index is 2.80. The minimum absolute atomic E-state index is 0.245. The van der Waals surface area contributed by atoms with Crippen molar-refractivity contribution < 1.29 is 8.78 Å². The van der Waals surface area contributed by atoms with Crippen LogP contribution in [-0.4, -0.2) is 0 Å². The Bertz CT molecular complexity index is 310. The standard InChI is InChI=1S/C11H13ClF2/c1-7(2)5-9(12)8-3-4-10(13)11(14)6-8/h3-4,6-7,9H,5H2,1-2H3. The normalized spacial score (nSPS) is 13.3. The molecular weight excluding hydrogens is 206 g/mol. The molecule has 0 bridgehead atoms. The summed E-state index contributed by atoms with van der Waals surface area (Å²) in [7, 11) is 0. The van der Waals surface area contributed by atoms with Crippen molar-refractivity contribution in [1.82, 2.24) is 0 Å². The maximum Gasteiger partial charge on any atom is 0.159 e. The average molecular weight is 219 g/mol. The molecule has 78 valence electrons. The summed E-state index contributed by atoms with van der Waals surface area (Å²) in [5, 5.41) is -0.245. The molecule has 0 aliphatic heterocycles. The minimum atomic E-state index is -0.836. The van der Waals surface area contributed by atoms with Crippen LogP contribution in [0, 0.1) is 17.6 Å². The van der Waals surface area contributed by atoms with E-state index in [0.29, 0.717) is 11.5 Å². The van der Waals surface area contributed by atoms with Crippen LogP contribution in [0.5, 0.6) is 0 Å². The highest BCUT2D eigenvalue weighted by atomic mass is 35.5. The fourth-order valence-electron chi connectivity index (χ4n) is 1.26. The Hall–Kier alpha value is -0.630. The van der Waals surface area contributed by atoms with E-state index in [2.05, 4.69) is 0 Å². The van der Waals surface area contributed by atoms with Crippen molar-refractivity contribution in [2.75, 3.05) is 0 Å². The molecule has 0 N–H and O–H groups in total. The van der Waals surface area contributed by atoms with E-state index in [-0.39, 0.29) is 5.38 Å². The summed E-state index contributed by atoms with van der Waals surface area (Å²) in [6.07, 6.45) is 0.757. The van der Waals surface area contributed by atoms with Crippen LogP contribution in [-0.2, 0) is 0 Å². The molecule has 0 aromatic heterocycles. The molecule has 0 spiro atoms. The van der Waals surface area contributed by atoms with Crippen molar-refractivity contribution in [2.24, 2.45) is 5.92 Å². The maximum atomic E-state index is 12.8. The first-order valence-electron chi connectivity index (χ1n) is 4.59. The molecule has 0 aliphatic carbocycles. The van der Waals surface area contributed by atoms with E-state index in [4.69, 9.17) is 11.6 Å². The van der Waals surface area contributed by atoms with Crippen molar-refractivity contribution >= 4 is 11.6 Å². The Morgan fingerprint density at radius 1 is 1.21 bits per heavy atom. The summed E-state index contributed by atoms with van der Waals surface area (Å²) in [5.41, 5.74) is 0.638. The van der Waals surface area contributed by atoms with Gasteiger partial charge in [-0.1, -0.05) is 19.9 Å². The molecular formula is C11H13ClF2.